The van der Waals surface area contributed by atoms with E-state index in [-0.39, 0.29) is 5.92 Å². The third-order valence-electron chi connectivity index (χ3n) is 7.75. The highest BCUT2D eigenvalue weighted by Crippen LogP contribution is 2.45. The fourth-order valence-corrected chi connectivity index (χ4v) is 6.26. The van der Waals surface area contributed by atoms with Crippen molar-refractivity contribution in [3.8, 4) is 0 Å². The molecule has 3 atom stereocenters. The predicted octanol–water partition coefficient (Wildman–Crippen LogP) is 4.63. The molecule has 0 spiro atoms. The van der Waals surface area contributed by atoms with E-state index < -0.39 is 0 Å². The van der Waals surface area contributed by atoms with E-state index in [1.165, 1.54) is 41.3 Å². The molecule has 2 heterocycles. The maximum atomic E-state index is 13.1. The van der Waals surface area contributed by atoms with Gasteiger partial charge in [-0.15, -0.1) is 0 Å². The van der Waals surface area contributed by atoms with Gasteiger partial charge in [0.15, 0.2) is 0 Å². The van der Waals surface area contributed by atoms with Crippen molar-refractivity contribution in [2.24, 2.45) is 5.92 Å². The minimum absolute atomic E-state index is 0.104. The smallest absolute Gasteiger partial charge is 0.224 e. The first-order valence-corrected chi connectivity index (χ1v) is 11.7. The number of nitrogens with zero attached hydrogens (tertiary/aromatic N) is 2. The Morgan fingerprint density at radius 1 is 1.17 bits per heavy atom. The zero-order valence-electron chi connectivity index (χ0n) is 18.2. The maximum Gasteiger partial charge on any atom is 0.224 e. The Balaban J connectivity index is 1.43. The topological polar surface area (TPSA) is 37.3 Å². The number of nitrogens with one attached hydrogen (secondary N) is 1. The molecule has 2 aliphatic carbocycles. The average Bonchev–Trinajstić information content (AvgIpc) is 3.10. The van der Waals surface area contributed by atoms with E-state index in [0.717, 1.165) is 32.2 Å². The number of carbonyl (C=O) groups excluding carboxylic acids is 1. The number of hydrogen-bond acceptors (Lipinski definition) is 2. The number of rotatable bonds is 3. The van der Waals surface area contributed by atoms with Crippen LogP contribution in [0.2, 0.25) is 0 Å². The van der Waals surface area contributed by atoms with Crippen LogP contribution in [0.1, 0.15) is 75.5 Å². The van der Waals surface area contributed by atoms with Gasteiger partial charge in [0.1, 0.15) is 0 Å². The molecule has 4 heteroatoms. The van der Waals surface area contributed by atoms with E-state index in [4.69, 9.17) is 0 Å². The first-order chi connectivity index (χ1) is 14.0. The van der Waals surface area contributed by atoms with Crippen molar-refractivity contribution in [3.05, 3.63) is 35.5 Å². The minimum Gasteiger partial charge on any atom is -0.353 e. The van der Waals surface area contributed by atoms with E-state index in [1.54, 1.807) is 0 Å². The summed E-state index contributed by atoms with van der Waals surface area (Å²) < 4.78 is 2.43. The molecule has 2 aromatic rings. The summed E-state index contributed by atoms with van der Waals surface area (Å²) in [6.07, 6.45) is 10.6. The van der Waals surface area contributed by atoms with Crippen molar-refractivity contribution in [1.82, 2.24) is 14.8 Å². The van der Waals surface area contributed by atoms with E-state index in [2.05, 4.69) is 60.1 Å². The summed E-state index contributed by atoms with van der Waals surface area (Å²) >= 11 is 0. The van der Waals surface area contributed by atoms with Crippen LogP contribution in [0.25, 0.3) is 10.9 Å². The SMILES string of the molecule is CC(C)n1cc2c3c(cccc31)C1C[C@@H](C(=O)NC3CCCCC3)CN(C)C1C2. The number of piperidine rings is 1. The van der Waals surface area contributed by atoms with Gasteiger partial charge < -0.3 is 14.8 Å². The number of fused-ring (bicyclic) bond motifs is 2. The summed E-state index contributed by atoms with van der Waals surface area (Å²) in [7, 11) is 2.22. The van der Waals surface area contributed by atoms with Crippen molar-refractivity contribution in [3.63, 3.8) is 0 Å². The molecule has 5 rings (SSSR count). The summed E-state index contributed by atoms with van der Waals surface area (Å²) in [5.74, 6) is 0.849. The molecular weight excluding hydrogens is 358 g/mol. The van der Waals surface area contributed by atoms with Gasteiger partial charge in [0, 0.05) is 47.7 Å². The van der Waals surface area contributed by atoms with Gasteiger partial charge >= 0.3 is 0 Å². The van der Waals surface area contributed by atoms with E-state index in [9.17, 15) is 4.79 Å². The van der Waals surface area contributed by atoms with Crippen LogP contribution in [0.5, 0.6) is 0 Å². The van der Waals surface area contributed by atoms with Crippen molar-refractivity contribution in [2.45, 2.75) is 82.8 Å². The summed E-state index contributed by atoms with van der Waals surface area (Å²) in [5, 5.41) is 4.86. The second-order valence-corrected chi connectivity index (χ2v) is 9.99. The number of carbonyl (C=O) groups is 1. The Bertz CT molecular complexity index is 908. The maximum absolute atomic E-state index is 13.1. The molecule has 0 radical (unpaired) electrons. The Kier molecular flexibility index (Phi) is 4.93. The van der Waals surface area contributed by atoms with Crippen LogP contribution < -0.4 is 5.32 Å². The summed E-state index contributed by atoms with van der Waals surface area (Å²) in [6.45, 7) is 5.41. The summed E-state index contributed by atoms with van der Waals surface area (Å²) in [5.41, 5.74) is 4.32. The molecule has 2 fully saturated rings. The largest absolute Gasteiger partial charge is 0.353 e. The van der Waals surface area contributed by atoms with Crippen LogP contribution in [-0.2, 0) is 11.2 Å². The average molecular weight is 394 g/mol. The van der Waals surface area contributed by atoms with Crippen LogP contribution in [-0.4, -0.2) is 41.1 Å². The van der Waals surface area contributed by atoms with Crippen LogP contribution in [0.3, 0.4) is 0 Å². The highest BCUT2D eigenvalue weighted by atomic mass is 16.2. The van der Waals surface area contributed by atoms with Gasteiger partial charge in [-0.25, -0.2) is 0 Å². The normalized spacial score (nSPS) is 27.9. The molecule has 3 aliphatic rings. The first kappa shape index (κ1) is 19.2. The highest BCUT2D eigenvalue weighted by Gasteiger charge is 2.42. The second-order valence-electron chi connectivity index (χ2n) is 9.99. The van der Waals surface area contributed by atoms with Gasteiger partial charge in [-0.2, -0.15) is 0 Å². The van der Waals surface area contributed by atoms with Gasteiger partial charge in [-0.3, -0.25) is 4.79 Å². The van der Waals surface area contributed by atoms with Gasteiger partial charge in [0.2, 0.25) is 5.91 Å². The summed E-state index contributed by atoms with van der Waals surface area (Å²) in [4.78, 5) is 15.6. The monoisotopic (exact) mass is 393 g/mol. The Hall–Kier alpha value is -1.81. The van der Waals surface area contributed by atoms with Crippen LogP contribution in [0, 0.1) is 5.92 Å². The molecule has 4 nitrogen and oxygen atoms in total. The third-order valence-corrected chi connectivity index (χ3v) is 7.75. The van der Waals surface area contributed by atoms with Gasteiger partial charge in [0.25, 0.3) is 0 Å². The van der Waals surface area contributed by atoms with Crippen molar-refractivity contribution in [1.29, 1.82) is 0 Å². The molecule has 1 aromatic heterocycles. The van der Waals surface area contributed by atoms with E-state index in [1.807, 2.05) is 0 Å². The lowest BCUT2D eigenvalue weighted by Gasteiger charge is -2.45. The lowest BCUT2D eigenvalue weighted by Crippen LogP contribution is -2.52. The minimum atomic E-state index is 0.104. The molecule has 1 aromatic carbocycles. The Labute approximate surface area is 174 Å². The van der Waals surface area contributed by atoms with Crippen molar-refractivity contribution >= 4 is 16.8 Å². The zero-order chi connectivity index (χ0) is 20.1. The molecule has 0 bridgehead atoms. The zero-order valence-corrected chi connectivity index (χ0v) is 18.2. The fourth-order valence-electron chi connectivity index (χ4n) is 6.26. The Morgan fingerprint density at radius 2 is 1.97 bits per heavy atom. The molecule has 2 unspecified atom stereocenters. The molecule has 1 saturated heterocycles. The lowest BCUT2D eigenvalue weighted by atomic mass is 9.72. The Morgan fingerprint density at radius 3 is 2.72 bits per heavy atom. The molecule has 1 amide bonds. The molecule has 1 aliphatic heterocycles. The van der Waals surface area contributed by atoms with E-state index in [0.29, 0.717) is 30.0 Å². The van der Waals surface area contributed by atoms with Crippen molar-refractivity contribution in [2.75, 3.05) is 13.6 Å². The van der Waals surface area contributed by atoms with E-state index >= 15 is 0 Å². The quantitative estimate of drug-likeness (QED) is 0.825. The molecular formula is C25H35N3O. The van der Waals surface area contributed by atoms with Crippen LogP contribution in [0.15, 0.2) is 24.4 Å². The van der Waals surface area contributed by atoms with Crippen LogP contribution >= 0.6 is 0 Å². The fraction of sp³-hybridized carbons (Fsp3) is 0.640. The van der Waals surface area contributed by atoms with Gasteiger partial charge in [-0.05, 0) is 63.8 Å². The van der Waals surface area contributed by atoms with Crippen molar-refractivity contribution < 1.29 is 4.79 Å². The predicted molar refractivity (Wildman–Crippen MR) is 118 cm³/mol. The lowest BCUT2D eigenvalue weighted by molar-refractivity contribution is -0.128. The number of aromatic nitrogens is 1. The second kappa shape index (κ2) is 7.46. The molecule has 29 heavy (non-hydrogen) atoms. The first-order valence-electron chi connectivity index (χ1n) is 11.7. The molecule has 1 N–H and O–H groups in total. The summed E-state index contributed by atoms with van der Waals surface area (Å²) in [6, 6.07) is 8.18. The number of likely N-dealkylation sites (tertiary alicyclic amines) is 1. The number of amides is 1. The standard InChI is InChI=1S/C25H35N3O/c1-16(2)28-15-17-13-23-21(20-10-7-11-22(28)24(17)20)12-18(14-27(23)3)25(29)26-19-8-5-4-6-9-19/h7,10-11,15-16,18-19,21,23H,4-6,8-9,12-14H2,1-3H3,(H,26,29)/t18-,21?,23?/m1/s1. The number of likely N-dealkylation sites (N-methyl/N-ethyl adjacent to an activating group) is 1. The highest BCUT2D eigenvalue weighted by molar-refractivity contribution is 5.89. The third kappa shape index (κ3) is 3.30. The van der Waals surface area contributed by atoms with Crippen LogP contribution in [0.4, 0.5) is 0 Å². The number of benzene rings is 1. The van der Waals surface area contributed by atoms with Gasteiger partial charge in [-0.1, -0.05) is 31.4 Å². The molecule has 156 valence electrons. The number of hydrogen-bond donors (Lipinski definition) is 1. The van der Waals surface area contributed by atoms with Gasteiger partial charge in [0.05, 0.1) is 5.92 Å². The molecule has 1 saturated carbocycles.